The third-order valence-corrected chi connectivity index (χ3v) is 3.63. The first-order chi connectivity index (χ1) is 9.45. The molecule has 1 aromatic carbocycles. The molecular weight excluding hydrogens is 280 g/mol. The summed E-state index contributed by atoms with van der Waals surface area (Å²) in [5, 5.41) is 5.16. The molecule has 2 amide bonds. The van der Waals surface area contributed by atoms with Gasteiger partial charge in [0.25, 0.3) is 0 Å². The highest BCUT2D eigenvalue weighted by molar-refractivity contribution is 7.90. The normalized spacial score (nSPS) is 11.1. The van der Waals surface area contributed by atoms with E-state index in [0.717, 1.165) is 6.26 Å². The summed E-state index contributed by atoms with van der Waals surface area (Å²) in [5.41, 5.74) is 0.407. The topological polar surface area (TPSA) is 88.4 Å². The van der Waals surface area contributed by atoms with Crippen LogP contribution in [0.5, 0.6) is 0 Å². The molecule has 2 aromatic rings. The number of benzene rings is 1. The molecule has 106 valence electrons. The summed E-state index contributed by atoms with van der Waals surface area (Å²) in [7, 11) is -3.30. The second-order valence-corrected chi connectivity index (χ2v) is 6.20. The zero-order valence-corrected chi connectivity index (χ0v) is 11.6. The van der Waals surface area contributed by atoms with E-state index in [-0.39, 0.29) is 11.4 Å². The maximum atomic E-state index is 11.7. The van der Waals surface area contributed by atoms with E-state index in [1.54, 1.807) is 24.3 Å². The number of anilines is 1. The van der Waals surface area contributed by atoms with Gasteiger partial charge in [0.2, 0.25) is 0 Å². The Morgan fingerprint density at radius 3 is 2.70 bits per heavy atom. The molecular formula is C13H14N2O4S. The van der Waals surface area contributed by atoms with Crippen molar-refractivity contribution in [3.63, 3.8) is 0 Å². The summed E-state index contributed by atoms with van der Waals surface area (Å²) in [5.74, 6) is 0.630. The van der Waals surface area contributed by atoms with Gasteiger partial charge in [-0.25, -0.2) is 13.2 Å². The van der Waals surface area contributed by atoms with Crippen molar-refractivity contribution in [2.24, 2.45) is 0 Å². The van der Waals surface area contributed by atoms with Crippen LogP contribution in [0.3, 0.4) is 0 Å². The van der Waals surface area contributed by atoms with E-state index in [4.69, 9.17) is 4.42 Å². The third kappa shape index (κ3) is 3.86. The van der Waals surface area contributed by atoms with Gasteiger partial charge in [0.05, 0.1) is 17.7 Å². The number of hydrogen-bond acceptors (Lipinski definition) is 4. The Bertz CT molecular complexity index is 693. The van der Waals surface area contributed by atoms with Gasteiger partial charge in [0.1, 0.15) is 5.76 Å². The number of sulfone groups is 1. The quantitative estimate of drug-likeness (QED) is 0.902. The molecule has 6 nitrogen and oxygen atoms in total. The van der Waals surface area contributed by atoms with Crippen molar-refractivity contribution >= 4 is 21.6 Å². The molecule has 2 N–H and O–H groups in total. The smallest absolute Gasteiger partial charge is 0.319 e. The molecule has 0 aliphatic heterocycles. The van der Waals surface area contributed by atoms with Gasteiger partial charge in [-0.1, -0.05) is 6.07 Å². The minimum absolute atomic E-state index is 0.154. The molecule has 1 aromatic heterocycles. The van der Waals surface area contributed by atoms with Gasteiger partial charge in [-0.2, -0.15) is 0 Å². The van der Waals surface area contributed by atoms with Gasteiger partial charge in [0.15, 0.2) is 9.84 Å². The fourth-order valence-corrected chi connectivity index (χ4v) is 2.23. The van der Waals surface area contributed by atoms with E-state index >= 15 is 0 Å². The van der Waals surface area contributed by atoms with Crippen molar-refractivity contribution in [1.82, 2.24) is 5.32 Å². The summed E-state index contributed by atoms with van der Waals surface area (Å²) in [4.78, 5) is 11.8. The van der Waals surface area contributed by atoms with Crippen molar-refractivity contribution < 1.29 is 17.6 Å². The van der Waals surface area contributed by atoms with Crippen LogP contribution in [0.4, 0.5) is 10.5 Å². The zero-order valence-electron chi connectivity index (χ0n) is 10.8. The fourth-order valence-electron chi connectivity index (χ4n) is 1.56. The minimum Gasteiger partial charge on any atom is -0.467 e. The van der Waals surface area contributed by atoms with Crippen LogP contribution in [0.25, 0.3) is 0 Å². The number of hydrogen-bond donors (Lipinski definition) is 2. The van der Waals surface area contributed by atoms with Crippen LogP contribution < -0.4 is 10.6 Å². The number of urea groups is 1. The van der Waals surface area contributed by atoms with E-state index in [9.17, 15) is 13.2 Å². The Labute approximate surface area is 116 Å². The van der Waals surface area contributed by atoms with E-state index in [2.05, 4.69) is 10.6 Å². The second-order valence-electron chi connectivity index (χ2n) is 4.19. The number of carbonyl (C=O) groups excluding carboxylic acids is 1. The van der Waals surface area contributed by atoms with E-state index in [0.29, 0.717) is 11.4 Å². The van der Waals surface area contributed by atoms with Gasteiger partial charge in [-0.3, -0.25) is 0 Å². The lowest BCUT2D eigenvalue weighted by Crippen LogP contribution is -2.28. The molecule has 0 aliphatic rings. The number of carbonyl (C=O) groups is 1. The van der Waals surface area contributed by atoms with Crippen LogP contribution in [0.2, 0.25) is 0 Å². The van der Waals surface area contributed by atoms with Crippen LogP contribution in [0.1, 0.15) is 5.76 Å². The van der Waals surface area contributed by atoms with Crippen molar-refractivity contribution in [2.75, 3.05) is 11.6 Å². The number of nitrogens with one attached hydrogen (secondary N) is 2. The van der Waals surface area contributed by atoms with Crippen molar-refractivity contribution in [2.45, 2.75) is 11.4 Å². The SMILES string of the molecule is CS(=O)(=O)c1cccc(NC(=O)NCc2ccco2)c1. The van der Waals surface area contributed by atoms with E-state index in [1.165, 1.54) is 18.4 Å². The Morgan fingerprint density at radius 2 is 2.05 bits per heavy atom. The van der Waals surface area contributed by atoms with E-state index < -0.39 is 15.9 Å². The highest BCUT2D eigenvalue weighted by atomic mass is 32.2. The van der Waals surface area contributed by atoms with Gasteiger partial charge >= 0.3 is 6.03 Å². The highest BCUT2D eigenvalue weighted by Gasteiger charge is 2.09. The summed E-state index contributed by atoms with van der Waals surface area (Å²) in [6.07, 6.45) is 2.63. The van der Waals surface area contributed by atoms with Crippen molar-refractivity contribution in [3.8, 4) is 0 Å². The third-order valence-electron chi connectivity index (χ3n) is 2.52. The molecule has 7 heteroatoms. The first kappa shape index (κ1) is 14.1. The zero-order chi connectivity index (χ0) is 14.6. The Morgan fingerprint density at radius 1 is 1.25 bits per heavy atom. The molecule has 2 rings (SSSR count). The van der Waals surface area contributed by atoms with Crippen molar-refractivity contribution in [3.05, 3.63) is 48.4 Å². The number of rotatable bonds is 4. The average molecular weight is 294 g/mol. The lowest BCUT2D eigenvalue weighted by molar-refractivity contribution is 0.251. The fraction of sp³-hybridized carbons (Fsp3) is 0.154. The average Bonchev–Trinajstić information content (AvgIpc) is 2.89. The Balaban J connectivity index is 1.97. The predicted molar refractivity (Wildman–Crippen MR) is 74.1 cm³/mol. The van der Waals surface area contributed by atoms with Crippen molar-refractivity contribution in [1.29, 1.82) is 0 Å². The first-order valence-corrected chi connectivity index (χ1v) is 7.71. The maximum Gasteiger partial charge on any atom is 0.319 e. The first-order valence-electron chi connectivity index (χ1n) is 5.82. The minimum atomic E-state index is -3.30. The van der Waals surface area contributed by atoms with Crippen LogP contribution in [-0.2, 0) is 16.4 Å². The maximum absolute atomic E-state index is 11.7. The molecule has 0 aliphatic carbocycles. The van der Waals surface area contributed by atoms with Crippen LogP contribution in [0.15, 0.2) is 52.0 Å². The molecule has 0 bridgehead atoms. The Kier molecular flexibility index (Phi) is 4.09. The molecule has 0 saturated heterocycles. The van der Waals surface area contributed by atoms with Gasteiger partial charge in [0, 0.05) is 11.9 Å². The monoisotopic (exact) mass is 294 g/mol. The predicted octanol–water partition coefficient (Wildman–Crippen LogP) is 2.00. The van der Waals surface area contributed by atoms with Gasteiger partial charge < -0.3 is 15.1 Å². The number of furan rings is 1. The van der Waals surface area contributed by atoms with Crippen LogP contribution in [-0.4, -0.2) is 20.7 Å². The standard InChI is InChI=1S/C13H14N2O4S/c1-20(17,18)12-6-2-4-10(8-12)15-13(16)14-9-11-5-3-7-19-11/h2-8H,9H2,1H3,(H2,14,15,16). The molecule has 1 heterocycles. The summed E-state index contributed by atoms with van der Waals surface area (Å²) in [6, 6.07) is 9.09. The largest absolute Gasteiger partial charge is 0.467 e. The molecule has 0 atom stereocenters. The molecule has 0 fully saturated rings. The summed E-state index contributed by atoms with van der Waals surface area (Å²) in [6.45, 7) is 0.255. The summed E-state index contributed by atoms with van der Waals surface area (Å²) >= 11 is 0. The molecule has 0 saturated carbocycles. The Hall–Kier alpha value is -2.28. The summed E-state index contributed by atoms with van der Waals surface area (Å²) < 4.78 is 27.9. The van der Waals surface area contributed by atoms with Gasteiger partial charge in [-0.05, 0) is 30.3 Å². The molecule has 0 spiro atoms. The van der Waals surface area contributed by atoms with E-state index in [1.807, 2.05) is 0 Å². The molecule has 0 radical (unpaired) electrons. The number of amides is 2. The van der Waals surface area contributed by atoms with Crippen LogP contribution >= 0.6 is 0 Å². The second kappa shape index (κ2) is 5.79. The lowest BCUT2D eigenvalue weighted by atomic mass is 10.3. The van der Waals surface area contributed by atoms with Crippen LogP contribution in [0, 0.1) is 0 Å². The lowest BCUT2D eigenvalue weighted by Gasteiger charge is -2.07. The molecule has 0 unspecified atom stereocenters. The highest BCUT2D eigenvalue weighted by Crippen LogP contribution is 2.15. The molecule has 20 heavy (non-hydrogen) atoms. The van der Waals surface area contributed by atoms with Gasteiger partial charge in [-0.15, -0.1) is 0 Å².